The van der Waals surface area contributed by atoms with Gasteiger partial charge in [-0.05, 0) is 43.4 Å². The monoisotopic (exact) mass is 292 g/mol. The van der Waals surface area contributed by atoms with Crippen molar-refractivity contribution in [2.24, 2.45) is 0 Å². The number of hydrogen-bond donors (Lipinski definition) is 1. The van der Waals surface area contributed by atoms with Crippen molar-refractivity contribution in [3.8, 4) is 0 Å². The molecule has 2 amide bonds. The van der Waals surface area contributed by atoms with Gasteiger partial charge in [0.2, 0.25) is 0 Å². The van der Waals surface area contributed by atoms with Gasteiger partial charge in [-0.25, -0.2) is 4.39 Å². The third kappa shape index (κ3) is 4.03. The maximum Gasteiger partial charge on any atom is 0.312 e. The summed E-state index contributed by atoms with van der Waals surface area (Å²) < 4.78 is 12.8. The quantitative estimate of drug-likeness (QED) is 0.869. The van der Waals surface area contributed by atoms with E-state index >= 15 is 0 Å². The van der Waals surface area contributed by atoms with Crippen molar-refractivity contribution in [2.75, 3.05) is 6.54 Å². The van der Waals surface area contributed by atoms with Gasteiger partial charge in [0.05, 0.1) is 0 Å². The van der Waals surface area contributed by atoms with Gasteiger partial charge < -0.3 is 10.2 Å². The fourth-order valence-corrected chi connectivity index (χ4v) is 2.68. The Morgan fingerprint density at radius 3 is 2.67 bits per heavy atom. The molecule has 0 aliphatic carbocycles. The number of hydrogen-bond acceptors (Lipinski definition) is 2. The summed E-state index contributed by atoms with van der Waals surface area (Å²) in [6, 6.07) is 6.02. The molecule has 4 nitrogen and oxygen atoms in total. The van der Waals surface area contributed by atoms with E-state index in [1.54, 1.807) is 17.0 Å². The van der Waals surface area contributed by atoms with Crippen LogP contribution in [0.3, 0.4) is 0 Å². The maximum atomic E-state index is 12.8. The Balaban J connectivity index is 1.90. The van der Waals surface area contributed by atoms with Crippen LogP contribution >= 0.6 is 0 Å². The Bertz CT molecular complexity index is 502. The van der Waals surface area contributed by atoms with Crippen molar-refractivity contribution in [1.29, 1.82) is 0 Å². The van der Waals surface area contributed by atoms with Crippen LogP contribution in [-0.4, -0.2) is 29.3 Å². The van der Waals surface area contributed by atoms with Crippen LogP contribution in [0.2, 0.25) is 0 Å². The predicted octanol–water partition coefficient (Wildman–Crippen LogP) is 2.23. The second kappa shape index (κ2) is 7.20. The predicted molar refractivity (Wildman–Crippen MR) is 77.9 cm³/mol. The van der Waals surface area contributed by atoms with Crippen LogP contribution in [0.25, 0.3) is 0 Å². The molecule has 1 heterocycles. The molecule has 0 saturated carbocycles. The highest BCUT2D eigenvalue weighted by atomic mass is 19.1. The second-order valence-electron chi connectivity index (χ2n) is 5.37. The number of carbonyl (C=O) groups excluding carboxylic acids is 2. The third-order valence-electron chi connectivity index (χ3n) is 3.92. The summed E-state index contributed by atoms with van der Waals surface area (Å²) in [5.74, 6) is -1.36. The summed E-state index contributed by atoms with van der Waals surface area (Å²) in [4.78, 5) is 25.8. The zero-order valence-corrected chi connectivity index (χ0v) is 12.3. The third-order valence-corrected chi connectivity index (χ3v) is 3.92. The first kappa shape index (κ1) is 15.5. The van der Waals surface area contributed by atoms with Crippen LogP contribution in [0.15, 0.2) is 24.3 Å². The van der Waals surface area contributed by atoms with Crippen molar-refractivity contribution >= 4 is 11.8 Å². The number of carbonyl (C=O) groups is 2. The van der Waals surface area contributed by atoms with E-state index in [1.807, 2.05) is 6.92 Å². The Labute approximate surface area is 124 Å². The first-order valence-electron chi connectivity index (χ1n) is 7.45. The molecule has 1 saturated heterocycles. The summed E-state index contributed by atoms with van der Waals surface area (Å²) in [5, 5.41) is 2.61. The topological polar surface area (TPSA) is 49.4 Å². The molecule has 0 radical (unpaired) electrons. The lowest BCUT2D eigenvalue weighted by Crippen LogP contribution is -2.49. The number of amides is 2. The molecule has 114 valence electrons. The average molecular weight is 292 g/mol. The molecule has 1 aliphatic rings. The molecule has 21 heavy (non-hydrogen) atoms. The number of benzene rings is 1. The highest BCUT2D eigenvalue weighted by Gasteiger charge is 2.29. The van der Waals surface area contributed by atoms with Gasteiger partial charge in [0, 0.05) is 19.1 Å². The van der Waals surface area contributed by atoms with Crippen molar-refractivity contribution in [2.45, 2.75) is 45.2 Å². The first-order valence-corrected chi connectivity index (χ1v) is 7.45. The molecular weight excluding hydrogens is 271 g/mol. The Kier molecular flexibility index (Phi) is 5.31. The number of likely N-dealkylation sites (tertiary alicyclic amines) is 1. The van der Waals surface area contributed by atoms with E-state index in [4.69, 9.17) is 0 Å². The van der Waals surface area contributed by atoms with E-state index in [1.165, 1.54) is 12.1 Å². The summed E-state index contributed by atoms with van der Waals surface area (Å²) in [6.45, 7) is 2.92. The van der Waals surface area contributed by atoms with Crippen LogP contribution in [0, 0.1) is 5.82 Å². The Morgan fingerprint density at radius 2 is 2.00 bits per heavy atom. The Morgan fingerprint density at radius 1 is 1.29 bits per heavy atom. The molecule has 1 aliphatic heterocycles. The highest BCUT2D eigenvalue weighted by Crippen LogP contribution is 2.19. The van der Waals surface area contributed by atoms with Crippen molar-refractivity contribution < 1.29 is 14.0 Å². The van der Waals surface area contributed by atoms with Gasteiger partial charge in [-0.2, -0.15) is 0 Å². The number of piperidine rings is 1. The van der Waals surface area contributed by atoms with Crippen molar-refractivity contribution in [3.63, 3.8) is 0 Å². The normalized spacial score (nSPS) is 18.4. The minimum Gasteiger partial charge on any atom is -0.344 e. The fourth-order valence-electron chi connectivity index (χ4n) is 2.68. The SMILES string of the molecule is CCC1CCCCN1C(=O)C(=O)NCc1ccc(F)cc1. The van der Waals surface area contributed by atoms with E-state index in [0.29, 0.717) is 6.54 Å². The number of rotatable bonds is 3. The van der Waals surface area contributed by atoms with Crippen LogP contribution in [0.5, 0.6) is 0 Å². The van der Waals surface area contributed by atoms with Gasteiger partial charge in [-0.1, -0.05) is 19.1 Å². The average Bonchev–Trinajstić information content (AvgIpc) is 2.53. The van der Waals surface area contributed by atoms with Crippen LogP contribution in [0.1, 0.15) is 38.2 Å². The Hall–Kier alpha value is -1.91. The molecule has 1 N–H and O–H groups in total. The molecule has 1 aromatic rings. The molecule has 5 heteroatoms. The molecule has 2 rings (SSSR count). The maximum absolute atomic E-state index is 12.8. The van der Waals surface area contributed by atoms with Crippen LogP contribution in [-0.2, 0) is 16.1 Å². The van der Waals surface area contributed by atoms with Gasteiger partial charge in [-0.3, -0.25) is 9.59 Å². The lowest BCUT2D eigenvalue weighted by Gasteiger charge is -2.34. The highest BCUT2D eigenvalue weighted by molar-refractivity contribution is 6.35. The largest absolute Gasteiger partial charge is 0.344 e. The molecular formula is C16H21FN2O2. The van der Waals surface area contributed by atoms with Crippen molar-refractivity contribution in [1.82, 2.24) is 10.2 Å². The molecule has 1 aromatic carbocycles. The van der Waals surface area contributed by atoms with Gasteiger partial charge in [0.25, 0.3) is 0 Å². The summed E-state index contributed by atoms with van der Waals surface area (Å²) in [7, 11) is 0. The van der Waals surface area contributed by atoms with Crippen LogP contribution < -0.4 is 5.32 Å². The van der Waals surface area contributed by atoms with Gasteiger partial charge in [0.1, 0.15) is 5.82 Å². The van der Waals surface area contributed by atoms with E-state index in [0.717, 1.165) is 31.2 Å². The number of halogens is 1. The lowest BCUT2D eigenvalue weighted by molar-refractivity contribution is -0.148. The van der Waals surface area contributed by atoms with Crippen LogP contribution in [0.4, 0.5) is 4.39 Å². The van der Waals surface area contributed by atoms with Gasteiger partial charge >= 0.3 is 11.8 Å². The molecule has 1 atom stereocenters. The molecule has 0 bridgehead atoms. The molecule has 0 spiro atoms. The first-order chi connectivity index (χ1) is 10.1. The zero-order chi connectivity index (χ0) is 15.2. The van der Waals surface area contributed by atoms with Gasteiger partial charge in [0.15, 0.2) is 0 Å². The van der Waals surface area contributed by atoms with Gasteiger partial charge in [-0.15, -0.1) is 0 Å². The minimum atomic E-state index is -0.584. The minimum absolute atomic E-state index is 0.169. The number of nitrogens with one attached hydrogen (secondary N) is 1. The zero-order valence-electron chi connectivity index (χ0n) is 12.3. The molecule has 1 fully saturated rings. The molecule has 1 unspecified atom stereocenters. The molecule has 0 aromatic heterocycles. The van der Waals surface area contributed by atoms with E-state index in [9.17, 15) is 14.0 Å². The smallest absolute Gasteiger partial charge is 0.312 e. The second-order valence-corrected chi connectivity index (χ2v) is 5.37. The summed E-state index contributed by atoms with van der Waals surface area (Å²) in [5.41, 5.74) is 0.767. The standard InChI is InChI=1S/C16H21FN2O2/c1-2-14-5-3-4-10-19(14)16(21)15(20)18-11-12-6-8-13(17)9-7-12/h6-9,14H,2-5,10-11H2,1H3,(H,18,20). The summed E-state index contributed by atoms with van der Waals surface area (Å²) >= 11 is 0. The summed E-state index contributed by atoms with van der Waals surface area (Å²) in [6.07, 6.45) is 3.90. The van der Waals surface area contributed by atoms with Crippen molar-refractivity contribution in [3.05, 3.63) is 35.6 Å². The lowest BCUT2D eigenvalue weighted by atomic mass is 10.00. The van der Waals surface area contributed by atoms with E-state index in [2.05, 4.69) is 5.32 Å². The van der Waals surface area contributed by atoms with E-state index < -0.39 is 11.8 Å². The fraction of sp³-hybridized carbons (Fsp3) is 0.500. The van der Waals surface area contributed by atoms with E-state index in [-0.39, 0.29) is 18.4 Å². The number of nitrogens with zero attached hydrogens (tertiary/aromatic N) is 1.